The Morgan fingerprint density at radius 3 is 1.60 bits per heavy atom. The predicted octanol–water partition coefficient (Wildman–Crippen LogP) is 12.3. The minimum absolute atomic E-state index is 0.215. The first-order valence-corrected chi connectivity index (χ1v) is 18.3. The fraction of sp³-hybridized carbons (Fsp3) is 0.0612. The Labute approximate surface area is 307 Å². The topological polar surface area (TPSA) is 35.6 Å². The first-order valence-electron chi connectivity index (χ1n) is 18.3. The number of rotatable bonds is 4. The van der Waals surface area contributed by atoms with Crippen LogP contribution in [0.2, 0.25) is 0 Å². The zero-order chi connectivity index (χ0) is 35.3. The molecule has 0 amide bonds. The fourth-order valence-corrected chi connectivity index (χ4v) is 8.87. The monoisotopic (exact) mass is 678 g/mol. The number of para-hydroxylation sites is 3. The highest BCUT2D eigenvalue weighted by molar-refractivity contribution is 6.19. The molecule has 0 radical (unpaired) electrons. The van der Waals surface area contributed by atoms with Gasteiger partial charge in [0, 0.05) is 60.6 Å². The third kappa shape index (κ3) is 4.30. The number of benzene rings is 7. The highest BCUT2D eigenvalue weighted by Crippen LogP contribution is 2.51. The van der Waals surface area contributed by atoms with Gasteiger partial charge < -0.3 is 9.13 Å². The van der Waals surface area contributed by atoms with E-state index in [1.165, 1.54) is 60.3 Å². The van der Waals surface area contributed by atoms with Gasteiger partial charge in [-0.15, -0.1) is 0 Å². The van der Waals surface area contributed by atoms with E-state index in [0.29, 0.717) is 0 Å². The maximum Gasteiger partial charge on any atom is 0.160 e. The second kappa shape index (κ2) is 11.1. The van der Waals surface area contributed by atoms with E-state index in [2.05, 4.69) is 193 Å². The molecule has 10 aromatic rings. The summed E-state index contributed by atoms with van der Waals surface area (Å²) in [6.07, 6.45) is 0. The van der Waals surface area contributed by atoms with Crippen LogP contribution in [0.3, 0.4) is 0 Å². The van der Waals surface area contributed by atoms with Crippen molar-refractivity contribution in [3.63, 3.8) is 0 Å². The molecule has 4 nitrogen and oxygen atoms in total. The van der Waals surface area contributed by atoms with E-state index in [-0.39, 0.29) is 5.41 Å². The highest BCUT2D eigenvalue weighted by Gasteiger charge is 2.40. The Bertz CT molecular complexity index is 3060. The van der Waals surface area contributed by atoms with Gasteiger partial charge in [-0.2, -0.15) is 0 Å². The molecule has 0 N–H and O–H groups in total. The Morgan fingerprint density at radius 1 is 0.415 bits per heavy atom. The van der Waals surface area contributed by atoms with Crippen molar-refractivity contribution < 1.29 is 0 Å². The van der Waals surface area contributed by atoms with Gasteiger partial charge in [0.1, 0.15) is 0 Å². The molecule has 1 aliphatic carbocycles. The lowest BCUT2D eigenvalue weighted by atomic mass is 9.81. The van der Waals surface area contributed by atoms with Crippen LogP contribution in [0.4, 0.5) is 0 Å². The van der Waals surface area contributed by atoms with E-state index < -0.39 is 0 Å². The van der Waals surface area contributed by atoms with Crippen molar-refractivity contribution in [3.05, 3.63) is 181 Å². The number of nitrogens with zero attached hydrogens (tertiary/aromatic N) is 4. The average molecular weight is 679 g/mol. The number of aromatic nitrogens is 4. The lowest BCUT2D eigenvalue weighted by Crippen LogP contribution is -2.17. The molecule has 7 aromatic carbocycles. The minimum Gasteiger partial charge on any atom is -0.309 e. The highest BCUT2D eigenvalue weighted by atomic mass is 15.0. The molecular weight excluding hydrogens is 645 g/mol. The summed E-state index contributed by atoms with van der Waals surface area (Å²) in [5.41, 5.74) is 14.6. The van der Waals surface area contributed by atoms with Crippen molar-refractivity contribution in [2.75, 3.05) is 0 Å². The van der Waals surface area contributed by atoms with Crippen molar-refractivity contribution in [2.24, 2.45) is 0 Å². The van der Waals surface area contributed by atoms with Crippen LogP contribution in [-0.4, -0.2) is 19.1 Å². The second-order valence-corrected chi connectivity index (χ2v) is 14.6. The third-order valence-electron chi connectivity index (χ3n) is 11.3. The van der Waals surface area contributed by atoms with Crippen molar-refractivity contribution in [3.8, 4) is 45.3 Å². The molecule has 250 valence electrons. The van der Waals surface area contributed by atoms with Crippen molar-refractivity contribution in [2.45, 2.75) is 19.3 Å². The van der Waals surface area contributed by atoms with Crippen LogP contribution >= 0.6 is 0 Å². The maximum atomic E-state index is 5.33. The quantitative estimate of drug-likeness (QED) is 0.186. The average Bonchev–Trinajstić information content (AvgIpc) is 3.80. The van der Waals surface area contributed by atoms with Crippen LogP contribution in [0, 0.1) is 0 Å². The van der Waals surface area contributed by atoms with Gasteiger partial charge in [0.2, 0.25) is 0 Å². The lowest BCUT2D eigenvalue weighted by Gasteiger charge is -2.23. The first kappa shape index (κ1) is 29.9. The zero-order valence-corrected chi connectivity index (χ0v) is 29.5. The second-order valence-electron chi connectivity index (χ2n) is 14.6. The van der Waals surface area contributed by atoms with E-state index in [4.69, 9.17) is 9.97 Å². The lowest BCUT2D eigenvalue weighted by molar-refractivity contribution is 0.658. The largest absolute Gasteiger partial charge is 0.309 e. The molecule has 3 heterocycles. The Kier molecular flexibility index (Phi) is 6.27. The van der Waals surface area contributed by atoms with Crippen LogP contribution in [0.5, 0.6) is 0 Å². The van der Waals surface area contributed by atoms with Crippen LogP contribution in [0.25, 0.3) is 88.9 Å². The summed E-state index contributed by atoms with van der Waals surface area (Å²) in [5.74, 6) is 0.734. The first-order chi connectivity index (χ1) is 26.1. The van der Waals surface area contributed by atoms with E-state index in [1.807, 2.05) is 0 Å². The Morgan fingerprint density at radius 2 is 0.943 bits per heavy atom. The summed E-state index contributed by atoms with van der Waals surface area (Å²) < 4.78 is 4.79. The van der Waals surface area contributed by atoms with Gasteiger partial charge in [-0.3, -0.25) is 0 Å². The molecule has 53 heavy (non-hydrogen) atoms. The maximum absolute atomic E-state index is 5.33. The molecule has 0 atom stereocenters. The van der Waals surface area contributed by atoms with E-state index in [0.717, 1.165) is 39.7 Å². The van der Waals surface area contributed by atoms with Crippen LogP contribution in [0.1, 0.15) is 25.0 Å². The molecule has 0 saturated carbocycles. The molecule has 4 heteroatoms. The molecular formula is C49H34N4. The molecule has 11 rings (SSSR count). The summed E-state index contributed by atoms with van der Waals surface area (Å²) in [5, 5.41) is 4.98. The third-order valence-corrected chi connectivity index (χ3v) is 11.3. The molecule has 0 aliphatic heterocycles. The van der Waals surface area contributed by atoms with Crippen molar-refractivity contribution in [1.29, 1.82) is 0 Å². The SMILES string of the molecule is CC1(C)c2ccccc2-c2nc(-c3ccc(-n4c5ccccc5c5cc6c7ccccc7n(-c7ccccc7)c6cc54)cc3)nc(-c3ccccc3)c21. The van der Waals surface area contributed by atoms with Gasteiger partial charge in [0.15, 0.2) is 5.82 Å². The van der Waals surface area contributed by atoms with Gasteiger partial charge in [-0.1, -0.05) is 123 Å². The number of fused-ring (bicyclic) bond motifs is 9. The fourth-order valence-electron chi connectivity index (χ4n) is 8.87. The summed E-state index contributed by atoms with van der Waals surface area (Å²) in [7, 11) is 0. The predicted molar refractivity (Wildman–Crippen MR) is 219 cm³/mol. The molecule has 0 bridgehead atoms. The van der Waals surface area contributed by atoms with Crippen molar-refractivity contribution >= 4 is 43.6 Å². The molecule has 0 spiro atoms. The normalized spacial score (nSPS) is 13.2. The summed E-state index contributed by atoms with van der Waals surface area (Å²) >= 11 is 0. The standard InChI is InChI=1S/C49H34N4/c1-49(2)40-22-12-9-21-37(40)47-45(49)46(31-15-5-3-6-16-31)50-48(51-47)32-25-27-34(28-26-32)53-42-24-14-11-20-36(42)39-29-38-35-19-10-13-23-41(35)52(43(38)30-44(39)53)33-17-7-4-8-18-33/h3-30H,1-2H3. The molecule has 3 aromatic heterocycles. The molecule has 0 unspecified atom stereocenters. The Hall–Kier alpha value is -6.78. The molecule has 0 saturated heterocycles. The van der Waals surface area contributed by atoms with Crippen LogP contribution in [0.15, 0.2) is 170 Å². The molecule has 1 aliphatic rings. The summed E-state index contributed by atoms with van der Waals surface area (Å²) in [4.78, 5) is 10.6. The smallest absolute Gasteiger partial charge is 0.160 e. The molecule has 0 fully saturated rings. The minimum atomic E-state index is -0.215. The van der Waals surface area contributed by atoms with Gasteiger partial charge in [0.05, 0.1) is 33.5 Å². The van der Waals surface area contributed by atoms with Crippen LogP contribution < -0.4 is 0 Å². The van der Waals surface area contributed by atoms with E-state index >= 15 is 0 Å². The summed E-state index contributed by atoms with van der Waals surface area (Å²) in [6, 6.07) is 60.9. The number of hydrogen-bond acceptors (Lipinski definition) is 2. The van der Waals surface area contributed by atoms with E-state index in [9.17, 15) is 0 Å². The van der Waals surface area contributed by atoms with Gasteiger partial charge >= 0.3 is 0 Å². The number of hydrogen-bond donors (Lipinski definition) is 0. The summed E-state index contributed by atoms with van der Waals surface area (Å²) in [6.45, 7) is 4.58. The Balaban J connectivity index is 1.12. The van der Waals surface area contributed by atoms with Crippen molar-refractivity contribution in [1.82, 2.24) is 19.1 Å². The zero-order valence-electron chi connectivity index (χ0n) is 29.5. The van der Waals surface area contributed by atoms with Crippen LogP contribution in [-0.2, 0) is 5.41 Å². The van der Waals surface area contributed by atoms with Gasteiger partial charge in [-0.25, -0.2) is 9.97 Å². The van der Waals surface area contributed by atoms with Gasteiger partial charge in [0.25, 0.3) is 0 Å². The van der Waals surface area contributed by atoms with Gasteiger partial charge in [-0.05, 0) is 66.2 Å². The van der Waals surface area contributed by atoms with E-state index in [1.54, 1.807) is 0 Å².